The van der Waals surface area contributed by atoms with Gasteiger partial charge in [-0.2, -0.15) is 0 Å². The van der Waals surface area contributed by atoms with Gasteiger partial charge in [0.05, 0.1) is 6.10 Å². The first-order chi connectivity index (χ1) is 6.31. The highest BCUT2D eigenvalue weighted by Gasteiger charge is 1.93. The molecule has 1 heteroatoms. The van der Waals surface area contributed by atoms with Crippen molar-refractivity contribution < 1.29 is 5.11 Å². The van der Waals surface area contributed by atoms with E-state index in [9.17, 15) is 5.11 Å². The molecule has 0 heterocycles. The van der Waals surface area contributed by atoms with Gasteiger partial charge in [-0.25, -0.2) is 0 Å². The Labute approximate surface area is 81.9 Å². The van der Waals surface area contributed by atoms with Crippen LogP contribution in [-0.2, 0) is 0 Å². The summed E-state index contributed by atoms with van der Waals surface area (Å²) in [6.07, 6.45) is 8.37. The highest BCUT2D eigenvalue weighted by molar-refractivity contribution is 5.16. The minimum atomic E-state index is -0.314. The molecule has 0 aliphatic heterocycles. The van der Waals surface area contributed by atoms with E-state index in [1.165, 1.54) is 12.8 Å². The van der Waals surface area contributed by atoms with Crippen molar-refractivity contribution in [1.29, 1.82) is 0 Å². The van der Waals surface area contributed by atoms with Crippen molar-refractivity contribution >= 4 is 0 Å². The molecule has 0 spiro atoms. The number of aliphatic hydroxyl groups is 1. The van der Waals surface area contributed by atoms with E-state index in [2.05, 4.69) is 25.7 Å². The Morgan fingerprint density at radius 1 is 1.31 bits per heavy atom. The molecule has 0 saturated heterocycles. The number of hydrogen-bond donors (Lipinski definition) is 1. The lowest BCUT2D eigenvalue weighted by Crippen LogP contribution is -1.99. The lowest BCUT2D eigenvalue weighted by molar-refractivity contribution is 0.211. The van der Waals surface area contributed by atoms with Crippen molar-refractivity contribution in [3.8, 4) is 11.8 Å². The van der Waals surface area contributed by atoms with E-state index in [4.69, 9.17) is 0 Å². The summed E-state index contributed by atoms with van der Waals surface area (Å²) in [7, 11) is 0. The lowest BCUT2D eigenvalue weighted by Gasteiger charge is -1.99. The van der Waals surface area contributed by atoms with Crippen molar-refractivity contribution in [2.24, 2.45) is 0 Å². The third kappa shape index (κ3) is 9.17. The minimum absolute atomic E-state index is 0.314. The highest BCUT2D eigenvalue weighted by Crippen LogP contribution is 1.96. The molecule has 0 rings (SSSR count). The van der Waals surface area contributed by atoms with E-state index in [0.717, 1.165) is 19.3 Å². The van der Waals surface area contributed by atoms with Crippen LogP contribution in [0, 0.1) is 11.8 Å². The summed E-state index contributed by atoms with van der Waals surface area (Å²) >= 11 is 0. The van der Waals surface area contributed by atoms with Crippen molar-refractivity contribution in [2.75, 3.05) is 0 Å². The predicted molar refractivity (Wildman–Crippen MR) is 57.4 cm³/mol. The zero-order valence-electron chi connectivity index (χ0n) is 8.71. The molecule has 1 unspecified atom stereocenters. The molecule has 13 heavy (non-hydrogen) atoms. The van der Waals surface area contributed by atoms with Gasteiger partial charge >= 0.3 is 0 Å². The maximum atomic E-state index is 9.30. The molecule has 0 aromatic rings. The number of allylic oxidation sites excluding steroid dienone is 1. The van der Waals surface area contributed by atoms with Gasteiger partial charge in [-0.1, -0.05) is 38.5 Å². The topological polar surface area (TPSA) is 20.2 Å². The van der Waals surface area contributed by atoms with Gasteiger partial charge in [-0.15, -0.1) is 0 Å². The summed E-state index contributed by atoms with van der Waals surface area (Å²) in [4.78, 5) is 0. The Morgan fingerprint density at radius 3 is 2.69 bits per heavy atom. The van der Waals surface area contributed by atoms with Crippen LogP contribution in [0.5, 0.6) is 0 Å². The van der Waals surface area contributed by atoms with Crippen LogP contribution in [0.3, 0.4) is 0 Å². The van der Waals surface area contributed by atoms with Gasteiger partial charge < -0.3 is 5.11 Å². The Balaban J connectivity index is 3.52. The molecule has 0 aromatic carbocycles. The quantitative estimate of drug-likeness (QED) is 0.509. The fraction of sp³-hybridized carbons (Fsp3) is 0.667. The Morgan fingerprint density at radius 2 is 2.08 bits per heavy atom. The summed E-state index contributed by atoms with van der Waals surface area (Å²) < 4.78 is 0. The molecular formula is C12H20O. The zero-order chi connectivity index (χ0) is 9.94. The monoisotopic (exact) mass is 180 g/mol. The van der Waals surface area contributed by atoms with E-state index in [0.29, 0.717) is 0 Å². The number of unbranched alkanes of at least 4 members (excludes halogenated alkanes) is 2. The van der Waals surface area contributed by atoms with Crippen molar-refractivity contribution in [2.45, 2.75) is 52.1 Å². The molecule has 1 N–H and O–H groups in total. The van der Waals surface area contributed by atoms with Gasteiger partial charge in [-0.3, -0.25) is 0 Å². The first-order valence-electron chi connectivity index (χ1n) is 5.14. The van der Waals surface area contributed by atoms with Crippen LogP contribution in [0.15, 0.2) is 12.2 Å². The van der Waals surface area contributed by atoms with Crippen LogP contribution in [-0.4, -0.2) is 11.2 Å². The largest absolute Gasteiger partial charge is 0.389 e. The molecule has 0 fully saturated rings. The molecule has 0 bridgehead atoms. The Bertz CT molecular complexity index is 183. The first kappa shape index (κ1) is 12.3. The van der Waals surface area contributed by atoms with E-state index in [1.807, 2.05) is 0 Å². The van der Waals surface area contributed by atoms with E-state index < -0.39 is 0 Å². The van der Waals surface area contributed by atoms with Gasteiger partial charge in [0.2, 0.25) is 0 Å². The smallest absolute Gasteiger partial charge is 0.0730 e. The maximum absolute atomic E-state index is 9.30. The molecule has 1 atom stereocenters. The number of aliphatic hydroxyl groups excluding tert-OH is 1. The SMILES string of the molecule is CCCCC#C/C=C\C(O)CCC. The average Bonchev–Trinajstić information content (AvgIpc) is 2.11. The fourth-order valence-corrected chi connectivity index (χ4v) is 0.947. The maximum Gasteiger partial charge on any atom is 0.0730 e. The van der Waals surface area contributed by atoms with Crippen LogP contribution in [0.2, 0.25) is 0 Å². The second kappa shape index (κ2) is 9.35. The van der Waals surface area contributed by atoms with E-state index in [1.54, 1.807) is 12.2 Å². The second-order valence-electron chi connectivity index (χ2n) is 3.14. The van der Waals surface area contributed by atoms with E-state index in [-0.39, 0.29) is 6.10 Å². The average molecular weight is 180 g/mol. The van der Waals surface area contributed by atoms with Gasteiger partial charge in [0, 0.05) is 6.42 Å². The number of rotatable bonds is 5. The highest BCUT2D eigenvalue weighted by atomic mass is 16.3. The van der Waals surface area contributed by atoms with Crippen molar-refractivity contribution in [1.82, 2.24) is 0 Å². The van der Waals surface area contributed by atoms with Crippen LogP contribution in [0.1, 0.15) is 46.0 Å². The van der Waals surface area contributed by atoms with Crippen LogP contribution in [0.4, 0.5) is 0 Å². The molecule has 74 valence electrons. The third-order valence-corrected chi connectivity index (χ3v) is 1.74. The van der Waals surface area contributed by atoms with Crippen molar-refractivity contribution in [3.63, 3.8) is 0 Å². The molecule has 0 aromatic heterocycles. The van der Waals surface area contributed by atoms with Crippen LogP contribution < -0.4 is 0 Å². The molecular weight excluding hydrogens is 160 g/mol. The summed E-state index contributed by atoms with van der Waals surface area (Å²) in [5.74, 6) is 5.95. The van der Waals surface area contributed by atoms with Crippen LogP contribution >= 0.6 is 0 Å². The molecule has 0 amide bonds. The number of hydrogen-bond acceptors (Lipinski definition) is 1. The molecule has 0 saturated carbocycles. The van der Waals surface area contributed by atoms with Gasteiger partial charge in [0.1, 0.15) is 0 Å². The molecule has 0 aliphatic carbocycles. The first-order valence-corrected chi connectivity index (χ1v) is 5.14. The summed E-state index contributed by atoms with van der Waals surface area (Å²) in [6, 6.07) is 0. The minimum Gasteiger partial charge on any atom is -0.389 e. The lowest BCUT2D eigenvalue weighted by atomic mass is 10.2. The Hall–Kier alpha value is -0.740. The zero-order valence-corrected chi connectivity index (χ0v) is 8.71. The van der Waals surface area contributed by atoms with Crippen molar-refractivity contribution in [3.05, 3.63) is 12.2 Å². The summed E-state index contributed by atoms with van der Waals surface area (Å²) in [5, 5.41) is 9.30. The third-order valence-electron chi connectivity index (χ3n) is 1.74. The van der Waals surface area contributed by atoms with E-state index >= 15 is 0 Å². The molecule has 0 radical (unpaired) electrons. The normalized spacial score (nSPS) is 12.5. The van der Waals surface area contributed by atoms with Crippen LogP contribution in [0.25, 0.3) is 0 Å². The van der Waals surface area contributed by atoms with Gasteiger partial charge in [0.15, 0.2) is 0 Å². The second-order valence-corrected chi connectivity index (χ2v) is 3.14. The summed E-state index contributed by atoms with van der Waals surface area (Å²) in [5.41, 5.74) is 0. The molecule has 0 aliphatic rings. The standard InChI is InChI=1S/C12H20O/c1-3-5-6-7-8-9-11-12(13)10-4-2/h9,11-13H,3-6,10H2,1-2H3/b11-9-. The van der Waals surface area contributed by atoms with Gasteiger partial charge in [-0.05, 0) is 25.0 Å². The van der Waals surface area contributed by atoms with Gasteiger partial charge in [0.25, 0.3) is 0 Å². The molecule has 1 nitrogen and oxygen atoms in total. The Kier molecular flexibility index (Phi) is 8.82. The fourth-order valence-electron chi connectivity index (χ4n) is 0.947. The summed E-state index contributed by atoms with van der Waals surface area (Å²) in [6.45, 7) is 4.21. The predicted octanol–water partition coefficient (Wildman–Crippen LogP) is 2.90.